The fourth-order valence-electron chi connectivity index (χ4n) is 1.63. The van der Waals surface area contributed by atoms with Gasteiger partial charge in [0.05, 0.1) is 5.75 Å². The molecule has 106 valence electrons. The molecule has 0 fully saturated rings. The van der Waals surface area contributed by atoms with Crippen LogP contribution < -0.4 is 5.73 Å². The van der Waals surface area contributed by atoms with E-state index in [1.807, 2.05) is 0 Å². The number of carboxylic acid groups (broad SMARTS) is 1. The lowest BCUT2D eigenvalue weighted by Crippen LogP contribution is -2.14. The molecule has 20 heavy (non-hydrogen) atoms. The zero-order valence-electron chi connectivity index (χ0n) is 10.2. The second-order valence-electron chi connectivity index (χ2n) is 3.94. The molecule has 1 amide bonds. The quantitative estimate of drug-likeness (QED) is 0.751. The summed E-state index contributed by atoms with van der Waals surface area (Å²) >= 11 is 4.39. The minimum atomic E-state index is -0.933. The fourth-order valence-corrected chi connectivity index (χ4v) is 2.69. The molecule has 0 saturated heterocycles. The van der Waals surface area contributed by atoms with Gasteiger partial charge < -0.3 is 15.4 Å². The second kappa shape index (κ2) is 6.23. The first-order valence-corrected chi connectivity index (χ1v) is 7.40. The number of fused-ring (bicyclic) bond motifs is 1. The van der Waals surface area contributed by atoms with E-state index < -0.39 is 11.9 Å². The Hall–Kier alpha value is -1.61. The molecule has 3 N–H and O–H groups in total. The van der Waals surface area contributed by atoms with E-state index in [1.165, 1.54) is 0 Å². The zero-order valence-corrected chi connectivity index (χ0v) is 12.6. The van der Waals surface area contributed by atoms with E-state index in [2.05, 4.69) is 25.9 Å². The molecule has 0 aliphatic heterocycles. The Morgan fingerprint density at radius 1 is 1.50 bits per heavy atom. The first kappa shape index (κ1) is 14.8. The van der Waals surface area contributed by atoms with E-state index in [0.717, 1.165) is 16.2 Å². The van der Waals surface area contributed by atoms with Crippen LogP contribution in [0.4, 0.5) is 0 Å². The van der Waals surface area contributed by atoms with Crippen molar-refractivity contribution in [3.05, 3.63) is 16.7 Å². The van der Waals surface area contributed by atoms with Crippen LogP contribution in [0.15, 0.2) is 21.9 Å². The van der Waals surface area contributed by atoms with Crippen molar-refractivity contribution >= 4 is 50.7 Å². The lowest BCUT2D eigenvalue weighted by molar-refractivity contribution is -0.134. The molecule has 2 rings (SSSR count). The second-order valence-corrected chi connectivity index (χ2v) is 5.80. The molecule has 9 heteroatoms. The van der Waals surface area contributed by atoms with Gasteiger partial charge in [-0.1, -0.05) is 11.8 Å². The molecule has 0 aromatic carbocycles. The first-order chi connectivity index (χ1) is 9.47. The number of nitrogens with zero attached hydrogens (tertiary/aromatic N) is 3. The number of nitrogens with two attached hydrogens (primary N) is 1. The molecule has 0 radical (unpaired) electrons. The van der Waals surface area contributed by atoms with Gasteiger partial charge in [0, 0.05) is 23.6 Å². The molecule has 2 heterocycles. The lowest BCUT2D eigenvalue weighted by atomic mass is 10.4. The average Bonchev–Trinajstić information content (AvgIpc) is 2.70. The van der Waals surface area contributed by atoms with E-state index in [0.29, 0.717) is 22.9 Å². The predicted molar refractivity (Wildman–Crippen MR) is 77.4 cm³/mol. The van der Waals surface area contributed by atoms with Crippen molar-refractivity contribution < 1.29 is 14.7 Å². The van der Waals surface area contributed by atoms with Gasteiger partial charge in [0.2, 0.25) is 5.91 Å². The molecule has 0 spiro atoms. The number of pyridine rings is 1. The van der Waals surface area contributed by atoms with E-state index in [9.17, 15) is 9.59 Å². The highest BCUT2D eigenvalue weighted by atomic mass is 79.9. The molecule has 0 bridgehead atoms. The van der Waals surface area contributed by atoms with Crippen LogP contribution >= 0.6 is 27.7 Å². The molecule has 2 aromatic heterocycles. The lowest BCUT2D eigenvalue weighted by Gasteiger charge is -2.05. The summed E-state index contributed by atoms with van der Waals surface area (Å²) in [5.74, 6) is -1.48. The molecule has 0 aliphatic carbocycles. The third kappa shape index (κ3) is 3.48. The standard InChI is InChI=1S/C11H11BrN4O3S/c12-6-3-7-10(14-4-6)16(2-1-8(13)17)11(15-7)20-5-9(18)19/h3-4H,1-2,5H2,(H2,13,17)(H,18,19). The van der Waals surface area contributed by atoms with Crippen LogP contribution in [0.5, 0.6) is 0 Å². The van der Waals surface area contributed by atoms with Crippen molar-refractivity contribution in [3.8, 4) is 0 Å². The number of carbonyl (C=O) groups excluding carboxylic acids is 1. The van der Waals surface area contributed by atoms with Gasteiger partial charge in [0.25, 0.3) is 0 Å². The Balaban J connectivity index is 2.39. The van der Waals surface area contributed by atoms with Gasteiger partial charge in [-0.15, -0.1) is 0 Å². The number of hydrogen-bond acceptors (Lipinski definition) is 5. The monoisotopic (exact) mass is 358 g/mol. The molecule has 2 aromatic rings. The maximum atomic E-state index is 10.9. The molecule has 0 saturated carbocycles. The van der Waals surface area contributed by atoms with Crippen LogP contribution in [0.2, 0.25) is 0 Å². The predicted octanol–water partition coefficient (Wildman–Crippen LogP) is 1.25. The smallest absolute Gasteiger partial charge is 0.313 e. The van der Waals surface area contributed by atoms with E-state index >= 15 is 0 Å². The minimum absolute atomic E-state index is 0.110. The number of thioether (sulfide) groups is 1. The minimum Gasteiger partial charge on any atom is -0.481 e. The highest BCUT2D eigenvalue weighted by Crippen LogP contribution is 2.25. The largest absolute Gasteiger partial charge is 0.481 e. The Bertz CT molecular complexity index is 673. The van der Waals surface area contributed by atoms with Crippen molar-refractivity contribution in [2.24, 2.45) is 5.73 Å². The molecular weight excluding hydrogens is 348 g/mol. The molecule has 0 aliphatic rings. The number of aryl methyl sites for hydroxylation is 1. The highest BCUT2D eigenvalue weighted by Gasteiger charge is 2.14. The van der Waals surface area contributed by atoms with E-state index in [4.69, 9.17) is 10.8 Å². The maximum Gasteiger partial charge on any atom is 0.313 e. The summed E-state index contributed by atoms with van der Waals surface area (Å²) in [6, 6.07) is 1.79. The third-order valence-electron chi connectivity index (χ3n) is 2.42. The number of carbonyl (C=O) groups is 2. The number of hydrogen-bond donors (Lipinski definition) is 2. The number of primary amides is 1. The topological polar surface area (TPSA) is 111 Å². The fraction of sp³-hybridized carbons (Fsp3) is 0.273. The van der Waals surface area contributed by atoms with E-state index in [-0.39, 0.29) is 12.2 Å². The summed E-state index contributed by atoms with van der Waals surface area (Å²) in [5.41, 5.74) is 6.38. The van der Waals surface area contributed by atoms with Crippen molar-refractivity contribution in [1.82, 2.24) is 14.5 Å². The normalized spacial score (nSPS) is 10.8. The maximum absolute atomic E-state index is 10.9. The van der Waals surface area contributed by atoms with Crippen molar-refractivity contribution in [1.29, 1.82) is 0 Å². The summed E-state index contributed by atoms with van der Waals surface area (Å²) < 4.78 is 2.49. The summed E-state index contributed by atoms with van der Waals surface area (Å²) in [6.07, 6.45) is 1.76. The summed E-state index contributed by atoms with van der Waals surface area (Å²) in [6.45, 7) is 0.322. The molecular formula is C11H11BrN4O3S. The number of amides is 1. The van der Waals surface area contributed by atoms with E-state index in [1.54, 1.807) is 16.8 Å². The van der Waals surface area contributed by atoms with Crippen LogP contribution in [-0.2, 0) is 16.1 Å². The van der Waals surface area contributed by atoms with Gasteiger partial charge in [-0.25, -0.2) is 9.97 Å². The van der Waals surface area contributed by atoms with Crippen molar-refractivity contribution in [3.63, 3.8) is 0 Å². The van der Waals surface area contributed by atoms with Crippen LogP contribution in [0.25, 0.3) is 11.2 Å². The highest BCUT2D eigenvalue weighted by molar-refractivity contribution is 9.10. The number of rotatable bonds is 6. The Kier molecular flexibility index (Phi) is 4.61. The van der Waals surface area contributed by atoms with Crippen LogP contribution in [-0.4, -0.2) is 37.3 Å². The third-order valence-corrected chi connectivity index (χ3v) is 3.82. The van der Waals surface area contributed by atoms with Gasteiger partial charge in [0.1, 0.15) is 5.52 Å². The summed E-state index contributed by atoms with van der Waals surface area (Å²) in [4.78, 5) is 30.2. The molecule has 7 nitrogen and oxygen atoms in total. The zero-order chi connectivity index (χ0) is 14.7. The number of imidazole rings is 1. The van der Waals surface area contributed by atoms with Gasteiger partial charge in [0.15, 0.2) is 10.8 Å². The van der Waals surface area contributed by atoms with Crippen molar-refractivity contribution in [2.45, 2.75) is 18.1 Å². The first-order valence-electron chi connectivity index (χ1n) is 5.62. The van der Waals surface area contributed by atoms with Crippen molar-refractivity contribution in [2.75, 3.05) is 5.75 Å². The Morgan fingerprint density at radius 2 is 2.25 bits per heavy atom. The molecule has 0 atom stereocenters. The number of carboxylic acids is 1. The van der Waals surface area contributed by atoms with Crippen LogP contribution in [0.1, 0.15) is 6.42 Å². The Morgan fingerprint density at radius 3 is 2.90 bits per heavy atom. The molecule has 0 unspecified atom stereocenters. The number of aromatic nitrogens is 3. The summed E-state index contributed by atoms with van der Waals surface area (Å²) in [5, 5.41) is 9.26. The summed E-state index contributed by atoms with van der Waals surface area (Å²) in [7, 11) is 0. The average molecular weight is 359 g/mol. The number of aliphatic carboxylic acids is 1. The Labute approximate surface area is 126 Å². The van der Waals surface area contributed by atoms with Gasteiger partial charge in [-0.05, 0) is 22.0 Å². The van der Waals surface area contributed by atoms with Crippen LogP contribution in [0, 0.1) is 0 Å². The van der Waals surface area contributed by atoms with Crippen LogP contribution in [0.3, 0.4) is 0 Å². The van der Waals surface area contributed by atoms with Gasteiger partial charge >= 0.3 is 5.97 Å². The SMILES string of the molecule is NC(=O)CCn1c(SCC(=O)O)nc2cc(Br)cnc21. The van der Waals surface area contributed by atoms with Gasteiger partial charge in [-0.3, -0.25) is 9.59 Å². The van der Waals surface area contributed by atoms with Gasteiger partial charge in [-0.2, -0.15) is 0 Å². The number of halogens is 1.